The van der Waals surface area contributed by atoms with Crippen LogP contribution in [0.2, 0.25) is 0 Å². The second kappa shape index (κ2) is 9.64. The summed E-state index contributed by atoms with van der Waals surface area (Å²) in [4.78, 5) is 13.3. The maximum absolute atomic E-state index is 13.3. The summed E-state index contributed by atoms with van der Waals surface area (Å²) < 4.78 is 44.0. The molecular weight excluding hydrogens is 456 g/mol. The van der Waals surface area contributed by atoms with Gasteiger partial charge in [0, 0.05) is 17.8 Å². The Balaban J connectivity index is 1.66. The van der Waals surface area contributed by atoms with Crippen LogP contribution in [0.25, 0.3) is 0 Å². The number of hydrogen-bond donors (Lipinski definition) is 1. The van der Waals surface area contributed by atoms with Crippen LogP contribution in [0.5, 0.6) is 17.2 Å². The van der Waals surface area contributed by atoms with E-state index in [1.165, 1.54) is 25.6 Å². The molecule has 9 heteroatoms. The number of benzene rings is 3. The number of nitrogens with zero attached hydrogens (tertiary/aromatic N) is 1. The monoisotopic (exact) mass is 482 g/mol. The molecule has 0 bridgehead atoms. The van der Waals surface area contributed by atoms with E-state index in [9.17, 15) is 13.2 Å². The predicted octanol–water partition coefficient (Wildman–Crippen LogP) is 4.11. The molecule has 8 nitrogen and oxygen atoms in total. The highest BCUT2D eigenvalue weighted by atomic mass is 32.2. The number of fused-ring (bicyclic) bond motifs is 1. The number of methoxy groups -OCH3 is 3. The largest absolute Gasteiger partial charge is 0.493 e. The number of carbonyl (C=O) groups is 1. The van der Waals surface area contributed by atoms with Gasteiger partial charge in [0.05, 0.1) is 31.9 Å². The predicted molar refractivity (Wildman–Crippen MR) is 130 cm³/mol. The summed E-state index contributed by atoms with van der Waals surface area (Å²) in [5.74, 6) is 0.708. The van der Waals surface area contributed by atoms with Crippen molar-refractivity contribution in [3.8, 4) is 17.2 Å². The normalized spacial score (nSPS) is 13.1. The molecule has 1 aliphatic rings. The zero-order chi connectivity index (χ0) is 24.3. The molecule has 0 unspecified atom stereocenters. The minimum absolute atomic E-state index is 0.231. The second-order valence-corrected chi connectivity index (χ2v) is 9.57. The lowest BCUT2D eigenvalue weighted by molar-refractivity contribution is 0.102. The van der Waals surface area contributed by atoms with Crippen LogP contribution in [-0.4, -0.2) is 42.2 Å². The maximum Gasteiger partial charge on any atom is 0.264 e. The fourth-order valence-corrected chi connectivity index (χ4v) is 5.56. The third-order valence-electron chi connectivity index (χ3n) is 5.68. The van der Waals surface area contributed by atoms with Crippen molar-refractivity contribution in [1.82, 2.24) is 0 Å². The Labute approximate surface area is 199 Å². The van der Waals surface area contributed by atoms with E-state index < -0.39 is 15.9 Å². The SMILES string of the molecule is COc1cc(C(=O)Nc2ccc3c(c2)N(S(=O)(=O)c2ccccc2)CCC3)cc(OC)c1OC. The van der Waals surface area contributed by atoms with Gasteiger partial charge in [0.15, 0.2) is 11.5 Å². The molecule has 0 radical (unpaired) electrons. The van der Waals surface area contributed by atoms with E-state index in [0.717, 1.165) is 18.4 Å². The molecule has 0 saturated heterocycles. The molecular formula is C25H26N2O6S. The minimum atomic E-state index is -3.72. The molecule has 1 amide bonds. The van der Waals surface area contributed by atoms with E-state index in [0.29, 0.717) is 40.7 Å². The Morgan fingerprint density at radius 3 is 2.21 bits per heavy atom. The zero-order valence-corrected chi connectivity index (χ0v) is 20.0. The number of sulfonamides is 1. The summed E-state index contributed by atoms with van der Waals surface area (Å²) in [6.45, 7) is 0.370. The van der Waals surface area contributed by atoms with E-state index in [1.807, 2.05) is 6.07 Å². The van der Waals surface area contributed by atoms with Gasteiger partial charge in [0.1, 0.15) is 0 Å². The van der Waals surface area contributed by atoms with Crippen molar-refractivity contribution < 1.29 is 27.4 Å². The second-order valence-electron chi connectivity index (χ2n) is 7.71. The van der Waals surface area contributed by atoms with Gasteiger partial charge >= 0.3 is 0 Å². The smallest absolute Gasteiger partial charge is 0.264 e. The Kier molecular flexibility index (Phi) is 6.65. The van der Waals surface area contributed by atoms with Gasteiger partial charge < -0.3 is 19.5 Å². The van der Waals surface area contributed by atoms with Gasteiger partial charge in [0.25, 0.3) is 15.9 Å². The Bertz CT molecular complexity index is 1280. The number of amides is 1. The molecule has 3 aromatic rings. The van der Waals surface area contributed by atoms with E-state index in [2.05, 4.69) is 5.32 Å². The summed E-state index contributed by atoms with van der Waals surface area (Å²) in [5.41, 5.74) is 2.27. The highest BCUT2D eigenvalue weighted by Crippen LogP contribution is 2.39. The van der Waals surface area contributed by atoms with Crippen LogP contribution in [0, 0.1) is 0 Å². The molecule has 0 atom stereocenters. The summed E-state index contributed by atoms with van der Waals surface area (Å²) in [7, 11) is 0.717. The van der Waals surface area contributed by atoms with Crippen LogP contribution in [0.3, 0.4) is 0 Å². The number of rotatable bonds is 7. The molecule has 0 fully saturated rings. The molecule has 4 rings (SSSR count). The lowest BCUT2D eigenvalue weighted by Crippen LogP contribution is -2.35. The number of hydrogen-bond acceptors (Lipinski definition) is 6. The van der Waals surface area contributed by atoms with Crippen LogP contribution >= 0.6 is 0 Å². The first-order valence-electron chi connectivity index (χ1n) is 10.7. The standard InChI is InChI=1S/C25H26N2O6S/c1-31-22-14-18(15-23(32-2)24(22)33-3)25(28)26-19-12-11-17-8-7-13-27(21(17)16-19)34(29,30)20-9-5-4-6-10-20/h4-6,9-12,14-16H,7-8,13H2,1-3H3,(H,26,28). The quantitative estimate of drug-likeness (QED) is 0.545. The molecule has 3 aromatic carbocycles. The van der Waals surface area contributed by atoms with Crippen LogP contribution in [-0.2, 0) is 16.4 Å². The average molecular weight is 483 g/mol. The summed E-state index contributed by atoms with van der Waals surface area (Å²) in [5, 5.41) is 2.85. The first-order chi connectivity index (χ1) is 16.4. The molecule has 178 valence electrons. The first-order valence-corrected chi connectivity index (χ1v) is 12.1. The van der Waals surface area contributed by atoms with E-state index in [4.69, 9.17) is 14.2 Å². The van der Waals surface area contributed by atoms with Crippen molar-refractivity contribution in [1.29, 1.82) is 0 Å². The molecule has 0 aromatic heterocycles. The third kappa shape index (κ3) is 4.38. The van der Waals surface area contributed by atoms with Crippen molar-refractivity contribution in [2.45, 2.75) is 17.7 Å². The van der Waals surface area contributed by atoms with Gasteiger partial charge in [0.2, 0.25) is 5.75 Å². The van der Waals surface area contributed by atoms with Crippen LogP contribution in [0.15, 0.2) is 65.6 Å². The Morgan fingerprint density at radius 1 is 0.912 bits per heavy atom. The summed E-state index contributed by atoms with van der Waals surface area (Å²) in [6, 6.07) is 16.8. The lowest BCUT2D eigenvalue weighted by Gasteiger charge is -2.31. The highest BCUT2D eigenvalue weighted by molar-refractivity contribution is 7.92. The molecule has 1 aliphatic heterocycles. The number of carbonyl (C=O) groups excluding carboxylic acids is 1. The van der Waals surface area contributed by atoms with Gasteiger partial charge in [-0.05, 0) is 54.8 Å². The van der Waals surface area contributed by atoms with Crippen molar-refractivity contribution in [2.24, 2.45) is 0 Å². The molecule has 0 aliphatic carbocycles. The van der Waals surface area contributed by atoms with Crippen molar-refractivity contribution in [3.05, 3.63) is 71.8 Å². The molecule has 34 heavy (non-hydrogen) atoms. The average Bonchev–Trinajstić information content (AvgIpc) is 2.87. The topological polar surface area (TPSA) is 94.2 Å². The van der Waals surface area contributed by atoms with Gasteiger partial charge in [-0.2, -0.15) is 0 Å². The van der Waals surface area contributed by atoms with Crippen molar-refractivity contribution >= 4 is 27.3 Å². The molecule has 0 spiro atoms. The van der Waals surface area contributed by atoms with Gasteiger partial charge in [-0.1, -0.05) is 24.3 Å². The minimum Gasteiger partial charge on any atom is -0.493 e. The van der Waals surface area contributed by atoms with Crippen molar-refractivity contribution in [2.75, 3.05) is 37.5 Å². The first kappa shape index (κ1) is 23.4. The van der Waals surface area contributed by atoms with Crippen LogP contribution in [0.1, 0.15) is 22.3 Å². The highest BCUT2D eigenvalue weighted by Gasteiger charge is 2.29. The zero-order valence-electron chi connectivity index (χ0n) is 19.2. The van der Waals surface area contributed by atoms with Crippen LogP contribution < -0.4 is 23.8 Å². The van der Waals surface area contributed by atoms with Crippen LogP contribution in [0.4, 0.5) is 11.4 Å². The van der Waals surface area contributed by atoms with E-state index >= 15 is 0 Å². The van der Waals surface area contributed by atoms with E-state index in [-0.39, 0.29) is 4.90 Å². The number of anilines is 2. The molecule has 1 heterocycles. The Hall–Kier alpha value is -3.72. The summed E-state index contributed by atoms with van der Waals surface area (Å²) in [6.07, 6.45) is 1.48. The Morgan fingerprint density at radius 2 is 1.59 bits per heavy atom. The van der Waals surface area contributed by atoms with Crippen molar-refractivity contribution in [3.63, 3.8) is 0 Å². The lowest BCUT2D eigenvalue weighted by atomic mass is 10.0. The number of nitrogens with one attached hydrogen (secondary N) is 1. The molecule has 0 saturated carbocycles. The molecule has 1 N–H and O–H groups in total. The van der Waals surface area contributed by atoms with E-state index in [1.54, 1.807) is 54.6 Å². The van der Waals surface area contributed by atoms with Gasteiger partial charge in [-0.3, -0.25) is 9.10 Å². The van der Waals surface area contributed by atoms with Gasteiger partial charge in [-0.25, -0.2) is 8.42 Å². The fourth-order valence-electron chi connectivity index (χ4n) is 4.00. The summed E-state index contributed by atoms with van der Waals surface area (Å²) >= 11 is 0. The third-order valence-corrected chi connectivity index (χ3v) is 7.50. The number of ether oxygens (including phenoxy) is 3. The maximum atomic E-state index is 13.3. The number of aryl methyl sites for hydroxylation is 1. The fraction of sp³-hybridized carbons (Fsp3) is 0.240. The van der Waals surface area contributed by atoms with Gasteiger partial charge in [-0.15, -0.1) is 0 Å².